The van der Waals surface area contributed by atoms with E-state index in [9.17, 15) is 24.3 Å². The predicted molar refractivity (Wildman–Crippen MR) is 132 cm³/mol. The molecule has 2 aromatic carbocycles. The van der Waals surface area contributed by atoms with Crippen LogP contribution in [-0.2, 0) is 14.4 Å². The van der Waals surface area contributed by atoms with Gasteiger partial charge in [-0.15, -0.1) is 0 Å². The number of aromatic amines is 1. The van der Waals surface area contributed by atoms with Crippen molar-refractivity contribution in [2.45, 2.75) is 31.8 Å². The van der Waals surface area contributed by atoms with Gasteiger partial charge in [-0.05, 0) is 29.8 Å². The molecule has 0 bridgehead atoms. The first-order valence-corrected chi connectivity index (χ1v) is 11.8. The molecule has 5 N–H and O–H groups in total. The molecule has 1 fully saturated rings. The molecule has 1 saturated heterocycles. The van der Waals surface area contributed by atoms with Crippen molar-refractivity contribution in [3.63, 3.8) is 0 Å². The van der Waals surface area contributed by atoms with Gasteiger partial charge in [0.1, 0.15) is 17.4 Å². The first-order valence-electron chi connectivity index (χ1n) is 11.8. The lowest BCUT2D eigenvalue weighted by atomic mass is 9.91. The number of phenols is 1. The summed E-state index contributed by atoms with van der Waals surface area (Å²) in [4.78, 5) is 52.8. The number of hydrogen-bond acceptors (Lipinski definition) is 6. The highest BCUT2D eigenvalue weighted by molar-refractivity contribution is 6.15. The van der Waals surface area contributed by atoms with Gasteiger partial charge >= 0.3 is 0 Å². The second kappa shape index (κ2) is 9.33. The van der Waals surface area contributed by atoms with Crippen molar-refractivity contribution in [2.24, 2.45) is 11.8 Å². The van der Waals surface area contributed by atoms with Crippen LogP contribution >= 0.6 is 0 Å². The molecule has 184 valence electrons. The molecule has 4 atom stereocenters. The van der Waals surface area contributed by atoms with Crippen LogP contribution in [0.4, 0.5) is 0 Å². The lowest BCUT2D eigenvalue weighted by Crippen LogP contribution is -2.42. The van der Waals surface area contributed by atoms with Gasteiger partial charge in [-0.1, -0.05) is 43.3 Å². The predicted octanol–water partition coefficient (Wildman–Crippen LogP) is 2.46. The molecule has 3 aromatic rings. The van der Waals surface area contributed by atoms with Crippen LogP contribution in [0.1, 0.15) is 41.9 Å². The van der Waals surface area contributed by atoms with Crippen molar-refractivity contribution in [2.75, 3.05) is 0 Å². The average molecular weight is 487 g/mol. The molecule has 2 aliphatic heterocycles. The summed E-state index contributed by atoms with van der Waals surface area (Å²) in [5.74, 6) is -2.63. The highest BCUT2D eigenvalue weighted by Crippen LogP contribution is 2.29. The van der Waals surface area contributed by atoms with E-state index in [1.807, 2.05) is 43.3 Å². The maximum Gasteiger partial charge on any atom is 0.268 e. The summed E-state index contributed by atoms with van der Waals surface area (Å²) >= 11 is 0. The van der Waals surface area contributed by atoms with E-state index in [4.69, 9.17) is 0 Å². The third kappa shape index (κ3) is 4.59. The minimum absolute atomic E-state index is 0.118. The van der Waals surface area contributed by atoms with E-state index in [2.05, 4.69) is 20.9 Å². The van der Waals surface area contributed by atoms with Gasteiger partial charge in [0.15, 0.2) is 5.78 Å². The van der Waals surface area contributed by atoms with Crippen LogP contribution in [0.15, 0.2) is 66.4 Å². The van der Waals surface area contributed by atoms with Crippen LogP contribution in [-0.4, -0.2) is 39.6 Å². The van der Waals surface area contributed by atoms with Gasteiger partial charge in [-0.3, -0.25) is 24.5 Å². The van der Waals surface area contributed by atoms with E-state index in [1.165, 1.54) is 0 Å². The zero-order chi connectivity index (χ0) is 25.4. The lowest BCUT2D eigenvalue weighted by molar-refractivity contribution is -0.133. The van der Waals surface area contributed by atoms with E-state index in [-0.39, 0.29) is 29.8 Å². The molecule has 0 radical (unpaired) electrons. The number of benzene rings is 2. The Morgan fingerprint density at radius 2 is 1.89 bits per heavy atom. The summed E-state index contributed by atoms with van der Waals surface area (Å²) < 4.78 is 0. The van der Waals surface area contributed by atoms with Crippen LogP contribution in [0.2, 0.25) is 0 Å². The van der Waals surface area contributed by atoms with Gasteiger partial charge < -0.3 is 20.7 Å². The maximum atomic E-state index is 13.2. The summed E-state index contributed by atoms with van der Waals surface area (Å²) in [6.45, 7) is 1.88. The van der Waals surface area contributed by atoms with Gasteiger partial charge in [-0.2, -0.15) is 0 Å². The minimum atomic E-state index is -0.976. The molecule has 2 aliphatic rings. The lowest BCUT2D eigenvalue weighted by Gasteiger charge is -2.22. The summed E-state index contributed by atoms with van der Waals surface area (Å²) in [5, 5.41) is 18.9. The molecule has 5 rings (SSSR count). The van der Waals surface area contributed by atoms with Crippen molar-refractivity contribution in [1.82, 2.24) is 20.9 Å². The Bertz CT molecular complexity index is 1390. The molecule has 9 heteroatoms. The largest absolute Gasteiger partial charge is 0.508 e. The molecule has 0 saturated carbocycles. The molecule has 9 nitrogen and oxygen atoms in total. The van der Waals surface area contributed by atoms with Gasteiger partial charge in [0, 0.05) is 35.4 Å². The zero-order valence-electron chi connectivity index (χ0n) is 19.6. The number of ketones is 1. The zero-order valence-corrected chi connectivity index (χ0v) is 19.6. The number of fused-ring (bicyclic) bond motifs is 1. The molecular weight excluding hydrogens is 460 g/mol. The number of amides is 3. The number of aromatic hydroxyl groups is 1. The van der Waals surface area contributed by atoms with Gasteiger partial charge in [-0.25, -0.2) is 0 Å². The number of H-pyrrole nitrogens is 1. The minimum Gasteiger partial charge on any atom is -0.508 e. The van der Waals surface area contributed by atoms with Crippen LogP contribution in [0.5, 0.6) is 5.75 Å². The Morgan fingerprint density at radius 3 is 2.61 bits per heavy atom. The average Bonchev–Trinajstić information content (AvgIpc) is 3.54. The number of imide groups is 1. The van der Waals surface area contributed by atoms with Gasteiger partial charge in [0.05, 0.1) is 12.1 Å². The number of hydrogen-bond donors (Lipinski definition) is 5. The van der Waals surface area contributed by atoms with Crippen LogP contribution in [0.3, 0.4) is 0 Å². The molecule has 3 amide bonds. The molecule has 0 aliphatic carbocycles. The summed E-state index contributed by atoms with van der Waals surface area (Å²) in [7, 11) is 0. The Hall–Kier alpha value is -4.40. The number of carbonyl (C=O) groups is 4. The van der Waals surface area contributed by atoms with Crippen LogP contribution in [0.25, 0.3) is 10.9 Å². The number of aromatic nitrogens is 1. The van der Waals surface area contributed by atoms with E-state index < -0.39 is 29.8 Å². The Morgan fingerprint density at radius 1 is 1.11 bits per heavy atom. The van der Waals surface area contributed by atoms with E-state index in [0.29, 0.717) is 12.1 Å². The molecule has 36 heavy (non-hydrogen) atoms. The highest BCUT2D eigenvalue weighted by Gasteiger charge is 2.42. The second-order valence-corrected chi connectivity index (χ2v) is 9.34. The van der Waals surface area contributed by atoms with Crippen molar-refractivity contribution >= 4 is 34.4 Å². The summed E-state index contributed by atoms with van der Waals surface area (Å²) in [6, 6.07) is 15.0. The molecule has 0 spiro atoms. The first-order chi connectivity index (χ1) is 17.3. The Kier molecular flexibility index (Phi) is 6.05. The van der Waals surface area contributed by atoms with Gasteiger partial charge in [0.2, 0.25) is 11.8 Å². The topological polar surface area (TPSA) is 140 Å². The quantitative estimate of drug-likeness (QED) is 0.257. The van der Waals surface area contributed by atoms with E-state index in [0.717, 1.165) is 22.2 Å². The van der Waals surface area contributed by atoms with Gasteiger partial charge in [0.25, 0.3) is 5.91 Å². The Labute approximate surface area is 207 Å². The summed E-state index contributed by atoms with van der Waals surface area (Å²) in [6.07, 6.45) is 2.22. The fraction of sp³-hybridized carbons (Fsp3) is 0.259. The van der Waals surface area contributed by atoms with Crippen LogP contribution in [0, 0.1) is 11.8 Å². The number of phenolic OH excluding ortho intramolecular Hbond substituents is 1. The molecular formula is C27H26N4O5. The maximum absolute atomic E-state index is 13.2. The number of Topliss-reactive ketones (excluding diaryl/α,β-unsaturated/α-hetero) is 1. The summed E-state index contributed by atoms with van der Waals surface area (Å²) in [5.41, 5.74) is 2.77. The number of carbonyl (C=O) groups excluding carboxylic acids is 4. The fourth-order valence-electron chi connectivity index (χ4n) is 4.89. The van der Waals surface area contributed by atoms with E-state index in [1.54, 1.807) is 24.3 Å². The highest BCUT2D eigenvalue weighted by atomic mass is 16.3. The normalized spacial score (nSPS) is 22.1. The second-order valence-electron chi connectivity index (χ2n) is 9.34. The van der Waals surface area contributed by atoms with Crippen molar-refractivity contribution in [1.29, 1.82) is 0 Å². The van der Waals surface area contributed by atoms with Crippen molar-refractivity contribution in [3.8, 4) is 5.75 Å². The third-order valence-electron chi connectivity index (χ3n) is 6.73. The molecule has 1 aromatic heterocycles. The smallest absolute Gasteiger partial charge is 0.268 e. The van der Waals surface area contributed by atoms with Crippen LogP contribution < -0.4 is 16.0 Å². The van der Waals surface area contributed by atoms with Crippen molar-refractivity contribution < 1.29 is 24.3 Å². The number of nitrogens with one attached hydrogen (secondary N) is 4. The van der Waals surface area contributed by atoms with Crippen molar-refractivity contribution in [3.05, 3.63) is 77.6 Å². The third-order valence-corrected chi connectivity index (χ3v) is 6.73. The van der Waals surface area contributed by atoms with E-state index >= 15 is 0 Å². The standard InChI is InChI=1S/C27H26N4O5/c1-14-9-17(28-24(14)25(34)19-13-23(33)31-26(19)35)12-21(15-5-3-2-4-6-15)30-27(36)22-11-16-10-18(32)7-8-20(16)29-22/h2-11,14,19,21,24,28-29,32H,12-13H2,1H3,(H,30,36)(H,31,33,35)/t14?,19?,21-,24?/m0/s1. The number of rotatable bonds is 7. The first kappa shape index (κ1) is 23.3. The molecule has 3 unspecified atom stereocenters. The SMILES string of the molecule is CC1C=C(C[C@H](NC(=O)c2cc3cc(O)ccc3[nH]2)c2ccccc2)NC1C(=O)C1CC(=O)NC1=O. The fourth-order valence-corrected chi connectivity index (χ4v) is 4.89. The Balaban J connectivity index is 1.33. The molecule has 3 heterocycles. The monoisotopic (exact) mass is 486 g/mol.